The van der Waals surface area contributed by atoms with Gasteiger partial charge in [0, 0.05) is 25.4 Å². The molecule has 1 unspecified atom stereocenters. The lowest BCUT2D eigenvalue weighted by Gasteiger charge is -2.19. The van der Waals surface area contributed by atoms with Crippen molar-refractivity contribution in [3.05, 3.63) is 24.3 Å². The number of aliphatic hydroxyl groups is 1. The van der Waals surface area contributed by atoms with Crippen LogP contribution in [0, 0.1) is 5.92 Å². The van der Waals surface area contributed by atoms with Crippen LogP contribution in [0.1, 0.15) is 26.7 Å². The van der Waals surface area contributed by atoms with Gasteiger partial charge in [-0.1, -0.05) is 0 Å². The normalized spacial score (nSPS) is 19.6. The molecule has 100 valence electrons. The number of aliphatic hydroxyl groups excluding tert-OH is 1. The summed E-state index contributed by atoms with van der Waals surface area (Å²) in [4.78, 5) is 2.39. The van der Waals surface area contributed by atoms with Gasteiger partial charge in [0.05, 0.1) is 6.10 Å². The number of anilines is 1. The Hall–Kier alpha value is -1.22. The summed E-state index contributed by atoms with van der Waals surface area (Å²) in [7, 11) is 0. The Bertz CT molecular complexity index is 361. The van der Waals surface area contributed by atoms with Crippen molar-refractivity contribution in [1.82, 2.24) is 0 Å². The molecule has 1 N–H and O–H groups in total. The van der Waals surface area contributed by atoms with Gasteiger partial charge in [-0.3, -0.25) is 0 Å². The molecule has 0 bridgehead atoms. The van der Waals surface area contributed by atoms with E-state index in [1.165, 1.54) is 12.1 Å². The molecule has 0 amide bonds. The van der Waals surface area contributed by atoms with Crippen molar-refractivity contribution in [3.63, 3.8) is 0 Å². The quantitative estimate of drug-likeness (QED) is 0.871. The third kappa shape index (κ3) is 3.39. The summed E-state index contributed by atoms with van der Waals surface area (Å²) in [5.41, 5.74) is 1.26. The predicted molar refractivity (Wildman–Crippen MR) is 74.2 cm³/mol. The molecule has 1 saturated heterocycles. The van der Waals surface area contributed by atoms with Crippen molar-refractivity contribution in [2.45, 2.75) is 32.8 Å². The van der Waals surface area contributed by atoms with Gasteiger partial charge in [-0.25, -0.2) is 0 Å². The molecule has 3 nitrogen and oxygen atoms in total. The van der Waals surface area contributed by atoms with Gasteiger partial charge in [-0.05, 0) is 56.9 Å². The molecule has 0 spiro atoms. The molecule has 18 heavy (non-hydrogen) atoms. The standard InChI is InChI=1S/C15H23NO2/c1-12(2)18-15-5-3-14(4-6-15)16-9-7-13(11-16)8-10-17/h3-6,12-13,17H,7-11H2,1-2H3. The van der Waals surface area contributed by atoms with Crippen LogP contribution in [0.3, 0.4) is 0 Å². The van der Waals surface area contributed by atoms with Crippen LogP contribution in [-0.4, -0.2) is 30.9 Å². The van der Waals surface area contributed by atoms with E-state index in [1.807, 2.05) is 26.0 Å². The van der Waals surface area contributed by atoms with Crippen LogP contribution in [0.25, 0.3) is 0 Å². The fourth-order valence-corrected chi connectivity index (χ4v) is 2.49. The molecule has 2 rings (SSSR count). The van der Waals surface area contributed by atoms with Gasteiger partial charge >= 0.3 is 0 Å². The average Bonchev–Trinajstić information content (AvgIpc) is 2.78. The minimum atomic E-state index is 0.219. The molecule has 1 fully saturated rings. The highest BCUT2D eigenvalue weighted by atomic mass is 16.5. The summed E-state index contributed by atoms with van der Waals surface area (Å²) >= 11 is 0. The van der Waals surface area contributed by atoms with Gasteiger partial charge in [-0.2, -0.15) is 0 Å². The highest BCUT2D eigenvalue weighted by molar-refractivity contribution is 5.49. The molecule has 1 aliphatic heterocycles. The topological polar surface area (TPSA) is 32.7 Å². The minimum Gasteiger partial charge on any atom is -0.491 e. The molecular formula is C15H23NO2. The Kier molecular flexibility index (Phi) is 4.48. The fourth-order valence-electron chi connectivity index (χ4n) is 2.49. The lowest BCUT2D eigenvalue weighted by Crippen LogP contribution is -2.19. The SMILES string of the molecule is CC(C)Oc1ccc(N2CCC(CCO)C2)cc1. The average molecular weight is 249 g/mol. The van der Waals surface area contributed by atoms with Gasteiger partial charge in [0.1, 0.15) is 5.75 Å². The van der Waals surface area contributed by atoms with Gasteiger partial charge < -0.3 is 14.7 Å². The molecule has 3 heteroatoms. The number of hydrogen-bond donors (Lipinski definition) is 1. The second-order valence-corrected chi connectivity index (χ2v) is 5.27. The van der Waals surface area contributed by atoms with E-state index in [9.17, 15) is 0 Å². The lowest BCUT2D eigenvalue weighted by atomic mass is 10.1. The Morgan fingerprint density at radius 1 is 1.33 bits per heavy atom. The van der Waals surface area contributed by atoms with Crippen LogP contribution in [-0.2, 0) is 0 Å². The zero-order valence-corrected chi connectivity index (χ0v) is 11.3. The van der Waals surface area contributed by atoms with E-state index < -0.39 is 0 Å². The van der Waals surface area contributed by atoms with Crippen molar-refractivity contribution < 1.29 is 9.84 Å². The van der Waals surface area contributed by atoms with Crippen LogP contribution in [0.15, 0.2) is 24.3 Å². The van der Waals surface area contributed by atoms with Crippen LogP contribution in [0.5, 0.6) is 5.75 Å². The Morgan fingerprint density at radius 2 is 2.06 bits per heavy atom. The number of ether oxygens (including phenoxy) is 1. The van der Waals surface area contributed by atoms with Crippen LogP contribution in [0.4, 0.5) is 5.69 Å². The first-order valence-corrected chi connectivity index (χ1v) is 6.81. The maximum atomic E-state index is 8.97. The van der Waals surface area contributed by atoms with E-state index in [4.69, 9.17) is 9.84 Å². The van der Waals surface area contributed by atoms with Gasteiger partial charge in [0.15, 0.2) is 0 Å². The molecule has 1 heterocycles. The maximum Gasteiger partial charge on any atom is 0.119 e. The number of benzene rings is 1. The van der Waals surface area contributed by atoms with Gasteiger partial charge in [0.2, 0.25) is 0 Å². The van der Waals surface area contributed by atoms with Crippen molar-refractivity contribution in [1.29, 1.82) is 0 Å². The van der Waals surface area contributed by atoms with Crippen LogP contribution < -0.4 is 9.64 Å². The molecule has 1 aliphatic rings. The smallest absolute Gasteiger partial charge is 0.119 e. The number of hydrogen-bond acceptors (Lipinski definition) is 3. The van der Waals surface area contributed by atoms with Crippen molar-refractivity contribution in [3.8, 4) is 5.75 Å². The highest BCUT2D eigenvalue weighted by Gasteiger charge is 2.21. The predicted octanol–water partition coefficient (Wildman–Crippen LogP) is 2.68. The number of nitrogens with zero attached hydrogens (tertiary/aromatic N) is 1. The first kappa shape index (κ1) is 13.2. The highest BCUT2D eigenvalue weighted by Crippen LogP contribution is 2.27. The van der Waals surface area contributed by atoms with E-state index >= 15 is 0 Å². The fraction of sp³-hybridized carbons (Fsp3) is 0.600. The van der Waals surface area contributed by atoms with Gasteiger partial charge in [0.25, 0.3) is 0 Å². The summed E-state index contributed by atoms with van der Waals surface area (Å²) in [5.74, 6) is 1.57. The Morgan fingerprint density at radius 3 is 2.67 bits per heavy atom. The van der Waals surface area contributed by atoms with E-state index in [2.05, 4.69) is 17.0 Å². The molecule has 1 atom stereocenters. The van der Waals surface area contributed by atoms with E-state index in [1.54, 1.807) is 0 Å². The summed E-state index contributed by atoms with van der Waals surface area (Å²) in [6.45, 7) is 6.53. The summed E-state index contributed by atoms with van der Waals surface area (Å²) in [6, 6.07) is 8.32. The largest absolute Gasteiger partial charge is 0.491 e. The Labute approximate surface area is 109 Å². The minimum absolute atomic E-state index is 0.219. The van der Waals surface area contributed by atoms with Crippen molar-refractivity contribution >= 4 is 5.69 Å². The number of rotatable bonds is 5. The zero-order valence-electron chi connectivity index (χ0n) is 11.3. The van der Waals surface area contributed by atoms with Crippen molar-refractivity contribution in [2.75, 3.05) is 24.6 Å². The summed E-state index contributed by atoms with van der Waals surface area (Å²) < 4.78 is 5.64. The molecule has 0 aliphatic carbocycles. The lowest BCUT2D eigenvalue weighted by molar-refractivity contribution is 0.242. The zero-order chi connectivity index (χ0) is 13.0. The van der Waals surface area contributed by atoms with Gasteiger partial charge in [-0.15, -0.1) is 0 Å². The second kappa shape index (κ2) is 6.10. The third-order valence-corrected chi connectivity index (χ3v) is 3.40. The van der Waals surface area contributed by atoms with Crippen LogP contribution >= 0.6 is 0 Å². The molecule has 1 aromatic carbocycles. The summed E-state index contributed by atoms with van der Waals surface area (Å²) in [6.07, 6.45) is 2.33. The first-order valence-electron chi connectivity index (χ1n) is 6.81. The van der Waals surface area contributed by atoms with Crippen LogP contribution in [0.2, 0.25) is 0 Å². The van der Waals surface area contributed by atoms with Crippen molar-refractivity contribution in [2.24, 2.45) is 5.92 Å². The van der Waals surface area contributed by atoms with E-state index in [0.717, 1.165) is 25.3 Å². The molecule has 0 saturated carbocycles. The molecular weight excluding hydrogens is 226 g/mol. The Balaban J connectivity index is 1.94. The first-order chi connectivity index (χ1) is 8.69. The molecule has 0 aromatic heterocycles. The second-order valence-electron chi connectivity index (χ2n) is 5.27. The molecule has 0 radical (unpaired) electrons. The summed E-state index contributed by atoms with van der Waals surface area (Å²) in [5, 5.41) is 8.97. The monoisotopic (exact) mass is 249 g/mol. The van der Waals surface area contributed by atoms with E-state index in [0.29, 0.717) is 12.5 Å². The maximum absolute atomic E-state index is 8.97. The molecule has 1 aromatic rings. The third-order valence-electron chi connectivity index (χ3n) is 3.40. The van der Waals surface area contributed by atoms with E-state index in [-0.39, 0.29) is 6.10 Å².